The predicted molar refractivity (Wildman–Crippen MR) is 51.7 cm³/mol. The lowest BCUT2D eigenvalue weighted by molar-refractivity contribution is 0.945. The summed E-state index contributed by atoms with van der Waals surface area (Å²) in [7, 11) is 2.01. The Labute approximate surface area is 75.2 Å². The van der Waals surface area contributed by atoms with Crippen molar-refractivity contribution in [3.05, 3.63) is 36.8 Å². The van der Waals surface area contributed by atoms with Crippen molar-refractivity contribution in [2.75, 3.05) is 0 Å². The number of hydrogen-bond donors (Lipinski definition) is 0. The summed E-state index contributed by atoms with van der Waals surface area (Å²) in [5.41, 5.74) is 1.15. The third-order valence-corrected chi connectivity index (χ3v) is 2.36. The minimum absolute atomic E-state index is 1.15. The van der Waals surface area contributed by atoms with Gasteiger partial charge in [-0.2, -0.15) is 5.10 Å². The normalized spacial score (nSPS) is 11.5. The second-order valence-electron chi connectivity index (χ2n) is 3.23. The summed E-state index contributed by atoms with van der Waals surface area (Å²) < 4.78 is 3.94. The second-order valence-corrected chi connectivity index (χ2v) is 3.23. The lowest BCUT2D eigenvalue weighted by atomic mass is 10.2. The third-order valence-electron chi connectivity index (χ3n) is 2.36. The fourth-order valence-corrected chi connectivity index (χ4v) is 1.76. The number of rotatable bonds is 0. The highest BCUT2D eigenvalue weighted by atomic mass is 15.3. The molecule has 0 fully saturated rings. The van der Waals surface area contributed by atoms with Gasteiger partial charge in [0.1, 0.15) is 12.0 Å². The van der Waals surface area contributed by atoms with Gasteiger partial charge in [-0.05, 0) is 0 Å². The average Bonchev–Trinajstić information content (AvgIpc) is 2.66. The molecule has 0 spiro atoms. The van der Waals surface area contributed by atoms with Crippen LogP contribution in [0.25, 0.3) is 16.4 Å². The SMILES string of the molecule is Cn1cnn2cc3ccccc3c12. The van der Waals surface area contributed by atoms with Crippen LogP contribution in [0.2, 0.25) is 0 Å². The lowest BCUT2D eigenvalue weighted by Gasteiger charge is -1.90. The van der Waals surface area contributed by atoms with Gasteiger partial charge < -0.3 is 4.57 Å². The Morgan fingerprint density at radius 3 is 3.00 bits per heavy atom. The minimum atomic E-state index is 1.15. The number of benzene rings is 1. The molecule has 1 aromatic carbocycles. The molecule has 64 valence electrons. The van der Waals surface area contributed by atoms with Crippen LogP contribution >= 0.6 is 0 Å². The highest BCUT2D eigenvalue weighted by Gasteiger charge is 2.04. The van der Waals surface area contributed by atoms with Gasteiger partial charge in [-0.15, -0.1) is 0 Å². The first-order chi connectivity index (χ1) is 6.36. The van der Waals surface area contributed by atoms with Crippen LogP contribution in [0.1, 0.15) is 0 Å². The van der Waals surface area contributed by atoms with Crippen LogP contribution in [-0.2, 0) is 7.05 Å². The molecular formula is C10H9N3. The molecule has 2 heterocycles. The topological polar surface area (TPSA) is 22.2 Å². The minimum Gasteiger partial charge on any atom is -0.318 e. The van der Waals surface area contributed by atoms with E-state index in [1.807, 2.05) is 34.7 Å². The summed E-state index contributed by atoms with van der Waals surface area (Å²) in [5.74, 6) is 0. The lowest BCUT2D eigenvalue weighted by Crippen LogP contribution is -1.84. The standard InChI is InChI=1S/C10H9N3/c1-12-7-11-13-6-8-4-2-3-5-9(8)10(12)13/h2-7H,1H3. The molecule has 3 nitrogen and oxygen atoms in total. The summed E-state index contributed by atoms with van der Waals surface area (Å²) in [5, 5.41) is 6.72. The van der Waals surface area contributed by atoms with E-state index >= 15 is 0 Å². The summed E-state index contributed by atoms with van der Waals surface area (Å²) in [6, 6.07) is 8.31. The molecule has 3 heteroatoms. The van der Waals surface area contributed by atoms with E-state index in [0.29, 0.717) is 0 Å². The van der Waals surface area contributed by atoms with Crippen LogP contribution in [0, 0.1) is 0 Å². The molecule has 0 atom stereocenters. The van der Waals surface area contributed by atoms with Crippen molar-refractivity contribution in [3.8, 4) is 0 Å². The molecule has 0 saturated heterocycles. The molecule has 0 radical (unpaired) electrons. The fourth-order valence-electron chi connectivity index (χ4n) is 1.76. The Morgan fingerprint density at radius 1 is 1.23 bits per heavy atom. The van der Waals surface area contributed by atoms with E-state index in [1.165, 1.54) is 10.8 Å². The zero-order valence-electron chi connectivity index (χ0n) is 7.31. The molecule has 2 aromatic heterocycles. The van der Waals surface area contributed by atoms with Gasteiger partial charge in [0.05, 0.1) is 0 Å². The predicted octanol–water partition coefficient (Wildman–Crippen LogP) is 1.83. The maximum atomic E-state index is 4.24. The number of hydrogen-bond acceptors (Lipinski definition) is 1. The molecular weight excluding hydrogens is 162 g/mol. The molecule has 0 aliphatic rings. The summed E-state index contributed by atoms with van der Waals surface area (Å²) in [6.07, 6.45) is 3.87. The first kappa shape index (κ1) is 6.71. The van der Waals surface area contributed by atoms with Gasteiger partial charge in [0.15, 0.2) is 0 Å². The highest BCUT2D eigenvalue weighted by Crippen LogP contribution is 2.20. The summed E-state index contributed by atoms with van der Waals surface area (Å²) in [4.78, 5) is 0. The van der Waals surface area contributed by atoms with E-state index < -0.39 is 0 Å². The van der Waals surface area contributed by atoms with Crippen molar-refractivity contribution in [3.63, 3.8) is 0 Å². The Hall–Kier alpha value is -1.77. The van der Waals surface area contributed by atoms with E-state index in [0.717, 1.165) is 5.65 Å². The van der Waals surface area contributed by atoms with Gasteiger partial charge in [-0.25, -0.2) is 4.52 Å². The quantitative estimate of drug-likeness (QED) is 0.505. The van der Waals surface area contributed by atoms with Crippen molar-refractivity contribution >= 4 is 16.4 Å². The maximum absolute atomic E-state index is 4.24. The largest absolute Gasteiger partial charge is 0.318 e. The maximum Gasteiger partial charge on any atom is 0.143 e. The van der Waals surface area contributed by atoms with Gasteiger partial charge in [-0.1, -0.05) is 24.3 Å². The Bertz CT molecular complexity index is 574. The molecule has 3 aromatic rings. The van der Waals surface area contributed by atoms with Crippen molar-refractivity contribution in [1.82, 2.24) is 14.2 Å². The van der Waals surface area contributed by atoms with E-state index in [9.17, 15) is 0 Å². The third kappa shape index (κ3) is 0.758. The van der Waals surface area contributed by atoms with Crippen molar-refractivity contribution in [2.45, 2.75) is 0 Å². The molecule has 0 saturated carbocycles. The molecule has 0 aliphatic carbocycles. The monoisotopic (exact) mass is 171 g/mol. The molecule has 0 bridgehead atoms. The zero-order valence-corrected chi connectivity index (χ0v) is 7.31. The average molecular weight is 171 g/mol. The van der Waals surface area contributed by atoms with E-state index in [4.69, 9.17) is 0 Å². The Balaban J connectivity index is 2.66. The van der Waals surface area contributed by atoms with Crippen LogP contribution in [0.5, 0.6) is 0 Å². The summed E-state index contributed by atoms with van der Waals surface area (Å²) in [6.45, 7) is 0. The van der Waals surface area contributed by atoms with Gasteiger partial charge in [0.25, 0.3) is 0 Å². The highest BCUT2D eigenvalue weighted by molar-refractivity contribution is 5.95. The van der Waals surface area contributed by atoms with Crippen molar-refractivity contribution in [1.29, 1.82) is 0 Å². The van der Waals surface area contributed by atoms with Crippen molar-refractivity contribution in [2.24, 2.45) is 7.05 Å². The molecule has 13 heavy (non-hydrogen) atoms. The van der Waals surface area contributed by atoms with Gasteiger partial charge >= 0.3 is 0 Å². The number of fused-ring (bicyclic) bond motifs is 3. The van der Waals surface area contributed by atoms with Crippen LogP contribution in [0.15, 0.2) is 36.8 Å². The van der Waals surface area contributed by atoms with Crippen LogP contribution in [0.3, 0.4) is 0 Å². The molecule has 0 N–H and O–H groups in total. The fraction of sp³-hybridized carbons (Fsp3) is 0.100. The van der Waals surface area contributed by atoms with Crippen LogP contribution in [0.4, 0.5) is 0 Å². The Kier molecular flexibility index (Phi) is 1.10. The van der Waals surface area contributed by atoms with Gasteiger partial charge in [0.2, 0.25) is 0 Å². The molecule has 0 amide bonds. The smallest absolute Gasteiger partial charge is 0.143 e. The van der Waals surface area contributed by atoms with Crippen LogP contribution < -0.4 is 0 Å². The van der Waals surface area contributed by atoms with E-state index in [1.54, 1.807) is 0 Å². The summed E-state index contributed by atoms with van der Waals surface area (Å²) >= 11 is 0. The second kappa shape index (κ2) is 2.13. The Morgan fingerprint density at radius 2 is 2.08 bits per heavy atom. The van der Waals surface area contributed by atoms with Gasteiger partial charge in [0, 0.05) is 24.0 Å². The zero-order chi connectivity index (χ0) is 8.84. The molecule has 0 aliphatic heterocycles. The first-order valence-electron chi connectivity index (χ1n) is 4.24. The van der Waals surface area contributed by atoms with E-state index in [2.05, 4.69) is 23.3 Å². The van der Waals surface area contributed by atoms with Gasteiger partial charge in [-0.3, -0.25) is 0 Å². The molecule has 3 rings (SSSR count). The van der Waals surface area contributed by atoms with E-state index in [-0.39, 0.29) is 0 Å². The van der Waals surface area contributed by atoms with Crippen molar-refractivity contribution < 1.29 is 0 Å². The number of aromatic nitrogens is 3. The number of nitrogens with zero attached hydrogens (tertiary/aromatic N) is 3. The number of aryl methyl sites for hydroxylation is 1. The first-order valence-corrected chi connectivity index (χ1v) is 4.24. The molecule has 0 unspecified atom stereocenters. The van der Waals surface area contributed by atoms with Crippen LogP contribution in [-0.4, -0.2) is 14.2 Å².